The highest BCUT2D eigenvalue weighted by Gasteiger charge is 2.26. The largest absolute Gasteiger partial charge is 0.314 e. The lowest BCUT2D eigenvalue weighted by Gasteiger charge is -2.35. The van der Waals surface area contributed by atoms with Crippen molar-refractivity contribution < 1.29 is 0 Å². The molecule has 1 aliphatic rings. The summed E-state index contributed by atoms with van der Waals surface area (Å²) in [6, 6.07) is 11.5. The second-order valence-electron chi connectivity index (χ2n) is 5.23. The standard InChI is InChI=1S/C16H19BrN2S.2ClH/c1-12-4-5-13(14(17)11-12)16(15-3-2-10-20-15)19-8-6-18-7-9-19;;/h2-5,10-11,16,18H,6-9H2,1H3;2*1H/t16-;;/m1../s1. The van der Waals surface area contributed by atoms with Gasteiger partial charge in [-0.05, 0) is 35.6 Å². The molecule has 2 aromatic rings. The molecule has 0 unspecified atom stereocenters. The van der Waals surface area contributed by atoms with E-state index >= 15 is 0 Å². The first-order valence-electron chi connectivity index (χ1n) is 7.00. The van der Waals surface area contributed by atoms with Crippen molar-refractivity contribution in [3.05, 3.63) is 56.2 Å². The van der Waals surface area contributed by atoms with Crippen LogP contribution in [-0.2, 0) is 0 Å². The predicted octanol–water partition coefficient (Wildman–Crippen LogP) is 4.66. The molecule has 1 aromatic heterocycles. The summed E-state index contributed by atoms with van der Waals surface area (Å²) >= 11 is 5.61. The number of hydrogen-bond acceptors (Lipinski definition) is 3. The first kappa shape index (κ1) is 19.9. The van der Waals surface area contributed by atoms with Gasteiger partial charge >= 0.3 is 0 Å². The lowest BCUT2D eigenvalue weighted by atomic mass is 10.0. The molecular formula is C16H21BrCl2N2S. The number of rotatable bonds is 3. The van der Waals surface area contributed by atoms with Gasteiger partial charge in [0.25, 0.3) is 0 Å². The van der Waals surface area contributed by atoms with Gasteiger partial charge < -0.3 is 5.32 Å². The molecule has 0 spiro atoms. The Labute approximate surface area is 157 Å². The Balaban J connectivity index is 0.00000121. The van der Waals surface area contributed by atoms with Gasteiger partial charge in [-0.2, -0.15) is 0 Å². The minimum Gasteiger partial charge on any atom is -0.314 e. The van der Waals surface area contributed by atoms with Crippen LogP contribution >= 0.6 is 52.1 Å². The van der Waals surface area contributed by atoms with Crippen LogP contribution in [0.3, 0.4) is 0 Å². The van der Waals surface area contributed by atoms with Gasteiger partial charge in [-0.15, -0.1) is 36.2 Å². The molecule has 1 saturated heterocycles. The third-order valence-corrected chi connectivity index (χ3v) is 5.39. The summed E-state index contributed by atoms with van der Waals surface area (Å²) in [5.74, 6) is 0. The van der Waals surface area contributed by atoms with Crippen molar-refractivity contribution in [3.8, 4) is 0 Å². The number of hydrogen-bond donors (Lipinski definition) is 1. The van der Waals surface area contributed by atoms with Crippen molar-refractivity contribution in [2.75, 3.05) is 26.2 Å². The topological polar surface area (TPSA) is 15.3 Å². The fourth-order valence-corrected chi connectivity index (χ4v) is 4.36. The van der Waals surface area contributed by atoms with Crippen molar-refractivity contribution in [2.24, 2.45) is 0 Å². The number of thiophene rings is 1. The third kappa shape index (κ3) is 4.47. The highest BCUT2D eigenvalue weighted by atomic mass is 79.9. The Hall–Kier alpha value is -0.100. The highest BCUT2D eigenvalue weighted by Crippen LogP contribution is 2.36. The summed E-state index contributed by atoms with van der Waals surface area (Å²) in [6.07, 6.45) is 0. The first-order valence-corrected chi connectivity index (χ1v) is 8.67. The summed E-state index contributed by atoms with van der Waals surface area (Å²) < 4.78 is 1.22. The SMILES string of the molecule is Cc1ccc([C@H](c2cccs2)N2CCNCC2)c(Br)c1.Cl.Cl. The molecule has 22 heavy (non-hydrogen) atoms. The molecule has 1 atom stereocenters. The van der Waals surface area contributed by atoms with E-state index < -0.39 is 0 Å². The molecule has 6 heteroatoms. The fraction of sp³-hybridized carbons (Fsp3) is 0.375. The van der Waals surface area contributed by atoms with Crippen LogP contribution in [0.25, 0.3) is 0 Å². The van der Waals surface area contributed by atoms with Crippen molar-refractivity contribution in [1.82, 2.24) is 10.2 Å². The van der Waals surface area contributed by atoms with Crippen LogP contribution < -0.4 is 5.32 Å². The summed E-state index contributed by atoms with van der Waals surface area (Å²) in [6.45, 7) is 6.49. The smallest absolute Gasteiger partial charge is 0.0707 e. The van der Waals surface area contributed by atoms with Gasteiger partial charge in [0.2, 0.25) is 0 Å². The van der Waals surface area contributed by atoms with Crippen LogP contribution in [0, 0.1) is 6.92 Å². The van der Waals surface area contributed by atoms with E-state index in [4.69, 9.17) is 0 Å². The second kappa shape index (κ2) is 9.26. The molecule has 0 radical (unpaired) electrons. The average Bonchev–Trinajstić information content (AvgIpc) is 2.97. The van der Waals surface area contributed by atoms with E-state index in [0.717, 1.165) is 26.2 Å². The third-order valence-electron chi connectivity index (χ3n) is 3.78. The Bertz CT molecular complexity index is 572. The van der Waals surface area contributed by atoms with E-state index in [9.17, 15) is 0 Å². The summed E-state index contributed by atoms with van der Waals surface area (Å²) in [7, 11) is 0. The second-order valence-corrected chi connectivity index (χ2v) is 7.06. The first-order chi connectivity index (χ1) is 9.75. The van der Waals surface area contributed by atoms with Gasteiger partial charge in [-0.1, -0.05) is 34.1 Å². The number of nitrogens with one attached hydrogen (secondary N) is 1. The Morgan fingerprint density at radius 3 is 2.50 bits per heavy atom. The quantitative estimate of drug-likeness (QED) is 0.772. The van der Waals surface area contributed by atoms with Gasteiger partial charge in [0.1, 0.15) is 0 Å². The Morgan fingerprint density at radius 1 is 1.18 bits per heavy atom. The molecule has 0 amide bonds. The monoisotopic (exact) mass is 422 g/mol. The maximum atomic E-state index is 3.76. The van der Waals surface area contributed by atoms with Gasteiger partial charge in [0, 0.05) is 35.5 Å². The molecule has 1 aromatic carbocycles. The molecule has 2 heterocycles. The van der Waals surface area contributed by atoms with Gasteiger partial charge in [-0.25, -0.2) is 0 Å². The number of aryl methyl sites for hydroxylation is 1. The van der Waals surface area contributed by atoms with Crippen LogP contribution in [0.2, 0.25) is 0 Å². The molecule has 122 valence electrons. The molecule has 3 rings (SSSR count). The molecule has 0 saturated carbocycles. The van der Waals surface area contributed by atoms with E-state index in [0.29, 0.717) is 6.04 Å². The van der Waals surface area contributed by atoms with Crippen LogP contribution in [-0.4, -0.2) is 31.1 Å². The molecule has 1 aliphatic heterocycles. The van der Waals surface area contributed by atoms with Crippen LogP contribution in [0.4, 0.5) is 0 Å². The average molecular weight is 424 g/mol. The van der Waals surface area contributed by atoms with Crippen LogP contribution in [0.1, 0.15) is 22.0 Å². The van der Waals surface area contributed by atoms with Crippen LogP contribution in [0.5, 0.6) is 0 Å². The molecular weight excluding hydrogens is 403 g/mol. The minimum absolute atomic E-state index is 0. The zero-order chi connectivity index (χ0) is 13.9. The van der Waals surface area contributed by atoms with E-state index in [1.807, 2.05) is 11.3 Å². The lowest BCUT2D eigenvalue weighted by molar-refractivity contribution is 0.200. The van der Waals surface area contributed by atoms with Gasteiger partial charge in [-0.3, -0.25) is 4.90 Å². The van der Waals surface area contributed by atoms with E-state index in [1.165, 1.54) is 20.5 Å². The minimum atomic E-state index is 0. The van der Waals surface area contributed by atoms with Crippen LogP contribution in [0.15, 0.2) is 40.2 Å². The molecule has 1 fully saturated rings. The number of piperazine rings is 1. The number of nitrogens with zero attached hydrogens (tertiary/aromatic N) is 1. The molecule has 1 N–H and O–H groups in total. The summed E-state index contributed by atoms with van der Waals surface area (Å²) in [5.41, 5.74) is 2.67. The van der Waals surface area contributed by atoms with E-state index in [-0.39, 0.29) is 24.8 Å². The maximum Gasteiger partial charge on any atom is 0.0707 e. The van der Waals surface area contributed by atoms with E-state index in [1.54, 1.807) is 0 Å². The van der Waals surface area contributed by atoms with E-state index in [2.05, 4.69) is 68.8 Å². The van der Waals surface area contributed by atoms with Gasteiger partial charge in [0.15, 0.2) is 0 Å². The van der Waals surface area contributed by atoms with Crippen molar-refractivity contribution >= 4 is 52.1 Å². The zero-order valence-corrected chi connectivity index (χ0v) is 16.5. The molecule has 0 aliphatic carbocycles. The maximum absolute atomic E-state index is 3.76. The summed E-state index contributed by atoms with van der Waals surface area (Å²) in [4.78, 5) is 4.01. The van der Waals surface area contributed by atoms with Gasteiger partial charge in [0.05, 0.1) is 6.04 Å². The molecule has 2 nitrogen and oxygen atoms in total. The Morgan fingerprint density at radius 2 is 1.91 bits per heavy atom. The number of halogens is 3. The number of benzene rings is 1. The summed E-state index contributed by atoms with van der Waals surface area (Å²) in [5, 5.41) is 5.61. The molecule has 0 bridgehead atoms. The Kier molecular flexibility index (Phi) is 8.39. The predicted molar refractivity (Wildman–Crippen MR) is 104 cm³/mol. The zero-order valence-electron chi connectivity index (χ0n) is 12.4. The highest BCUT2D eigenvalue weighted by molar-refractivity contribution is 9.10. The van der Waals surface area contributed by atoms with Crippen molar-refractivity contribution in [3.63, 3.8) is 0 Å². The lowest BCUT2D eigenvalue weighted by Crippen LogP contribution is -2.45. The van der Waals surface area contributed by atoms with Crippen molar-refractivity contribution in [1.29, 1.82) is 0 Å². The van der Waals surface area contributed by atoms with Crippen molar-refractivity contribution in [2.45, 2.75) is 13.0 Å². The normalized spacial score (nSPS) is 16.5. The fourth-order valence-electron chi connectivity index (χ4n) is 2.77.